The minimum absolute atomic E-state index is 0.184. The molecule has 0 saturated carbocycles. The minimum atomic E-state index is 0.184. The van der Waals surface area contributed by atoms with Crippen LogP contribution in [0, 0.1) is 13.8 Å². The Balaban J connectivity index is 1.61. The third-order valence-electron chi connectivity index (χ3n) is 5.66. The van der Waals surface area contributed by atoms with Gasteiger partial charge in [0.25, 0.3) is 0 Å². The lowest BCUT2D eigenvalue weighted by Crippen LogP contribution is -2.48. The smallest absolute Gasteiger partial charge is 0.233 e. The van der Waals surface area contributed by atoms with Gasteiger partial charge >= 0.3 is 0 Å². The lowest BCUT2D eigenvalue weighted by molar-refractivity contribution is -0.134. The van der Waals surface area contributed by atoms with Crippen LogP contribution in [0.25, 0.3) is 16.6 Å². The van der Waals surface area contributed by atoms with Crippen molar-refractivity contribution in [2.75, 3.05) is 5.75 Å². The van der Waals surface area contributed by atoms with Crippen LogP contribution in [0.3, 0.4) is 0 Å². The molecule has 1 amide bonds. The third-order valence-corrected chi connectivity index (χ3v) is 6.62. The second-order valence-corrected chi connectivity index (χ2v) is 8.90. The van der Waals surface area contributed by atoms with Crippen LogP contribution < -0.4 is 0 Å². The van der Waals surface area contributed by atoms with Gasteiger partial charge in [0.1, 0.15) is 5.03 Å². The van der Waals surface area contributed by atoms with Gasteiger partial charge in [0.15, 0.2) is 5.82 Å². The van der Waals surface area contributed by atoms with E-state index in [0.29, 0.717) is 17.8 Å². The van der Waals surface area contributed by atoms with Crippen LogP contribution in [0.5, 0.6) is 0 Å². The molecule has 29 heavy (non-hydrogen) atoms. The van der Waals surface area contributed by atoms with E-state index in [0.717, 1.165) is 45.8 Å². The maximum Gasteiger partial charge on any atom is 0.233 e. The van der Waals surface area contributed by atoms with Crippen LogP contribution in [-0.4, -0.2) is 48.6 Å². The Morgan fingerprint density at radius 3 is 2.45 bits per heavy atom. The average molecular weight is 410 g/mol. The first-order valence-electron chi connectivity index (χ1n) is 10.2. The Hall–Kier alpha value is -2.41. The van der Waals surface area contributed by atoms with E-state index in [1.54, 1.807) is 0 Å². The van der Waals surface area contributed by atoms with Crippen LogP contribution in [0.15, 0.2) is 35.4 Å². The van der Waals surface area contributed by atoms with Gasteiger partial charge in [0.05, 0.1) is 11.4 Å². The topological polar surface area (TPSA) is 63.9 Å². The van der Waals surface area contributed by atoms with Gasteiger partial charge < -0.3 is 4.90 Å². The fourth-order valence-electron chi connectivity index (χ4n) is 4.29. The number of carbonyl (C=O) groups excluding carboxylic acids is 1. The van der Waals surface area contributed by atoms with Crippen molar-refractivity contribution in [1.82, 2.24) is 24.9 Å². The number of amides is 1. The van der Waals surface area contributed by atoms with Gasteiger partial charge in [0.2, 0.25) is 5.91 Å². The first-order chi connectivity index (χ1) is 14.0. The molecule has 3 heterocycles. The van der Waals surface area contributed by atoms with E-state index in [-0.39, 0.29) is 5.91 Å². The maximum atomic E-state index is 12.9. The van der Waals surface area contributed by atoms with Crippen molar-refractivity contribution in [3.63, 3.8) is 0 Å². The molecular weight excluding hydrogens is 382 g/mol. The van der Waals surface area contributed by atoms with E-state index in [1.165, 1.54) is 18.2 Å². The minimum Gasteiger partial charge on any atom is -0.337 e. The second kappa shape index (κ2) is 8.14. The van der Waals surface area contributed by atoms with Gasteiger partial charge in [0, 0.05) is 28.6 Å². The van der Waals surface area contributed by atoms with E-state index in [4.69, 9.17) is 0 Å². The van der Waals surface area contributed by atoms with Gasteiger partial charge in [-0.2, -0.15) is 5.10 Å². The predicted octanol–water partition coefficient (Wildman–Crippen LogP) is 4.31. The SMILES string of the molecule is Cc1cc(C)n(-c2nnc(SCC(=O)N3[C@@H](C)CCC[C@@H]3C)c3ccccc23)n1. The molecule has 6 nitrogen and oxygen atoms in total. The summed E-state index contributed by atoms with van der Waals surface area (Å²) in [6, 6.07) is 10.7. The summed E-state index contributed by atoms with van der Waals surface area (Å²) in [5, 5.41) is 16.3. The molecule has 0 spiro atoms. The molecular formula is C22H27N5OS. The monoisotopic (exact) mass is 409 g/mol. The zero-order valence-electron chi connectivity index (χ0n) is 17.4. The number of likely N-dealkylation sites (tertiary alicyclic amines) is 1. The lowest BCUT2D eigenvalue weighted by atomic mass is 9.98. The molecule has 0 bridgehead atoms. The Morgan fingerprint density at radius 1 is 1.10 bits per heavy atom. The number of aromatic nitrogens is 4. The normalized spacial score (nSPS) is 19.7. The molecule has 2 atom stereocenters. The summed E-state index contributed by atoms with van der Waals surface area (Å²) in [7, 11) is 0. The first-order valence-corrected chi connectivity index (χ1v) is 11.2. The fraction of sp³-hybridized carbons (Fsp3) is 0.455. The molecule has 1 saturated heterocycles. The van der Waals surface area contributed by atoms with E-state index in [2.05, 4.69) is 34.0 Å². The summed E-state index contributed by atoms with van der Waals surface area (Å²) in [6.07, 6.45) is 3.37. The van der Waals surface area contributed by atoms with Crippen LogP contribution in [-0.2, 0) is 4.79 Å². The molecule has 0 radical (unpaired) electrons. The Labute approximate surface area is 175 Å². The first kappa shape index (κ1) is 19.9. The fourth-order valence-corrected chi connectivity index (χ4v) is 5.13. The molecule has 4 rings (SSSR count). The van der Waals surface area contributed by atoms with Gasteiger partial charge in [-0.15, -0.1) is 10.2 Å². The number of hydrogen-bond acceptors (Lipinski definition) is 5. The summed E-state index contributed by atoms with van der Waals surface area (Å²) in [4.78, 5) is 15.0. The maximum absolute atomic E-state index is 12.9. The molecule has 0 aliphatic carbocycles. The number of thioether (sulfide) groups is 1. The number of carbonyl (C=O) groups is 1. The molecule has 0 N–H and O–H groups in total. The van der Waals surface area contributed by atoms with Crippen molar-refractivity contribution in [1.29, 1.82) is 0 Å². The highest BCUT2D eigenvalue weighted by Crippen LogP contribution is 2.30. The summed E-state index contributed by atoms with van der Waals surface area (Å²) in [5.41, 5.74) is 1.97. The number of hydrogen-bond donors (Lipinski definition) is 0. The Kier molecular flexibility index (Phi) is 5.58. The highest BCUT2D eigenvalue weighted by atomic mass is 32.2. The average Bonchev–Trinajstić information content (AvgIpc) is 3.03. The van der Waals surface area contributed by atoms with Crippen molar-refractivity contribution in [2.45, 2.75) is 64.1 Å². The molecule has 3 aromatic rings. The predicted molar refractivity (Wildman–Crippen MR) is 116 cm³/mol. The van der Waals surface area contributed by atoms with Gasteiger partial charge in [-0.3, -0.25) is 4.79 Å². The van der Waals surface area contributed by atoms with Crippen LogP contribution in [0.1, 0.15) is 44.5 Å². The van der Waals surface area contributed by atoms with Gasteiger partial charge in [-0.25, -0.2) is 4.68 Å². The molecule has 1 aliphatic rings. The largest absolute Gasteiger partial charge is 0.337 e. The van der Waals surface area contributed by atoms with Crippen molar-refractivity contribution >= 4 is 28.4 Å². The molecule has 1 aromatic carbocycles. The number of benzene rings is 1. The molecule has 1 fully saturated rings. The summed E-state index contributed by atoms with van der Waals surface area (Å²) in [5.74, 6) is 1.29. The molecule has 1 aliphatic heterocycles. The van der Waals surface area contributed by atoms with Crippen LogP contribution in [0.4, 0.5) is 0 Å². The van der Waals surface area contributed by atoms with E-state index in [1.807, 2.05) is 48.9 Å². The molecule has 152 valence electrons. The number of aryl methyl sites for hydroxylation is 2. The van der Waals surface area contributed by atoms with Crippen LogP contribution in [0.2, 0.25) is 0 Å². The van der Waals surface area contributed by atoms with Crippen molar-refractivity contribution < 1.29 is 4.79 Å². The standard InChI is InChI=1S/C22H27N5OS/c1-14-12-17(4)27(25-14)21-18-10-5-6-11-19(18)22(24-23-21)29-13-20(28)26-15(2)8-7-9-16(26)3/h5-6,10-12,15-16H,7-9,13H2,1-4H3/t15-,16-/m0/s1. The van der Waals surface area contributed by atoms with E-state index < -0.39 is 0 Å². The van der Waals surface area contributed by atoms with Crippen molar-refractivity contribution in [3.8, 4) is 5.82 Å². The zero-order valence-corrected chi connectivity index (χ0v) is 18.2. The van der Waals surface area contributed by atoms with Crippen molar-refractivity contribution in [2.24, 2.45) is 0 Å². The Morgan fingerprint density at radius 2 is 1.79 bits per heavy atom. The van der Waals surface area contributed by atoms with Gasteiger partial charge in [-0.1, -0.05) is 36.0 Å². The van der Waals surface area contributed by atoms with Crippen molar-refractivity contribution in [3.05, 3.63) is 41.7 Å². The quantitative estimate of drug-likeness (QED) is 0.601. The number of rotatable bonds is 4. The number of nitrogens with zero attached hydrogens (tertiary/aromatic N) is 5. The molecule has 2 aromatic heterocycles. The zero-order chi connectivity index (χ0) is 20.5. The van der Waals surface area contributed by atoms with Gasteiger partial charge in [-0.05, 0) is 53.0 Å². The van der Waals surface area contributed by atoms with Crippen LogP contribution >= 0.6 is 11.8 Å². The number of fused-ring (bicyclic) bond motifs is 1. The second-order valence-electron chi connectivity index (χ2n) is 7.93. The molecule has 0 unspecified atom stereocenters. The lowest BCUT2D eigenvalue weighted by Gasteiger charge is -2.39. The Bertz CT molecular complexity index is 1040. The summed E-state index contributed by atoms with van der Waals surface area (Å²) < 4.78 is 1.83. The number of piperidine rings is 1. The molecule has 7 heteroatoms. The third kappa shape index (κ3) is 3.88. The summed E-state index contributed by atoms with van der Waals surface area (Å²) in [6.45, 7) is 8.28. The van der Waals surface area contributed by atoms with E-state index in [9.17, 15) is 4.79 Å². The summed E-state index contributed by atoms with van der Waals surface area (Å²) >= 11 is 1.47. The highest BCUT2D eigenvalue weighted by molar-refractivity contribution is 8.00. The highest BCUT2D eigenvalue weighted by Gasteiger charge is 2.29. The van der Waals surface area contributed by atoms with E-state index >= 15 is 0 Å².